The molecule has 0 saturated heterocycles. The van der Waals surface area contributed by atoms with E-state index in [1.807, 2.05) is 6.07 Å². The molecule has 152 valence electrons. The maximum Gasteiger partial charge on any atom is 0.319 e. The number of carbonyl (C=O) groups is 1. The van der Waals surface area contributed by atoms with E-state index in [4.69, 9.17) is 0 Å². The molecule has 0 bridgehead atoms. The van der Waals surface area contributed by atoms with Gasteiger partial charge in [-0.1, -0.05) is 48.8 Å². The minimum Gasteiger partial charge on any atom is -0.335 e. The molecule has 0 unspecified atom stereocenters. The molecule has 1 aromatic heterocycles. The van der Waals surface area contributed by atoms with Gasteiger partial charge in [0.15, 0.2) is 5.13 Å². The van der Waals surface area contributed by atoms with Crippen molar-refractivity contribution >= 4 is 48.4 Å². The summed E-state index contributed by atoms with van der Waals surface area (Å²) >= 11 is 1.25. The van der Waals surface area contributed by atoms with E-state index in [1.165, 1.54) is 29.9 Å². The molecule has 1 fully saturated rings. The van der Waals surface area contributed by atoms with Crippen LogP contribution in [-0.4, -0.2) is 25.5 Å². The zero-order chi connectivity index (χ0) is 20.3. The van der Waals surface area contributed by atoms with Gasteiger partial charge in [-0.15, -0.1) is 0 Å². The van der Waals surface area contributed by atoms with Gasteiger partial charge in [0, 0.05) is 11.7 Å². The number of benzene rings is 2. The second-order valence-corrected chi connectivity index (χ2v) is 9.77. The van der Waals surface area contributed by atoms with Crippen molar-refractivity contribution in [2.24, 2.45) is 0 Å². The molecule has 9 heteroatoms. The van der Waals surface area contributed by atoms with Gasteiger partial charge in [-0.2, -0.15) is 0 Å². The summed E-state index contributed by atoms with van der Waals surface area (Å²) in [5, 5.41) is 6.14. The van der Waals surface area contributed by atoms with Gasteiger partial charge in [0.2, 0.25) is 0 Å². The fourth-order valence-electron chi connectivity index (χ4n) is 3.42. The van der Waals surface area contributed by atoms with Crippen LogP contribution in [0.25, 0.3) is 10.2 Å². The van der Waals surface area contributed by atoms with Gasteiger partial charge in [-0.3, -0.25) is 4.72 Å². The van der Waals surface area contributed by atoms with Gasteiger partial charge in [-0.25, -0.2) is 18.2 Å². The van der Waals surface area contributed by atoms with Crippen LogP contribution in [0.2, 0.25) is 0 Å². The Balaban J connectivity index is 1.45. The molecule has 1 aliphatic rings. The average molecular weight is 431 g/mol. The highest BCUT2D eigenvalue weighted by atomic mass is 32.2. The van der Waals surface area contributed by atoms with Crippen molar-refractivity contribution in [1.29, 1.82) is 0 Å². The van der Waals surface area contributed by atoms with E-state index in [9.17, 15) is 13.2 Å². The Morgan fingerprint density at radius 3 is 2.55 bits per heavy atom. The standard InChI is InChI=1S/C20H22N4O3S2/c25-19(21-14-7-3-1-4-8-14)22-15-11-12-18-17(13-15)23-20(28-18)24-29(26,27)16-9-5-2-6-10-16/h2,5-6,9-14H,1,3-4,7-8H2,(H,23,24)(H2,21,22,25). The first-order chi connectivity index (χ1) is 14.0. The molecule has 1 heterocycles. The number of amides is 2. The third kappa shape index (κ3) is 4.86. The zero-order valence-corrected chi connectivity index (χ0v) is 17.4. The predicted molar refractivity (Wildman–Crippen MR) is 116 cm³/mol. The van der Waals surface area contributed by atoms with Crippen LogP contribution in [0.3, 0.4) is 0 Å². The van der Waals surface area contributed by atoms with Crippen LogP contribution in [0.1, 0.15) is 32.1 Å². The molecular weight excluding hydrogens is 408 g/mol. The van der Waals surface area contributed by atoms with Crippen LogP contribution in [0, 0.1) is 0 Å². The highest BCUT2D eigenvalue weighted by Gasteiger charge is 2.17. The normalized spacial score (nSPS) is 15.2. The molecule has 2 aromatic carbocycles. The Bertz CT molecular complexity index is 1110. The lowest BCUT2D eigenvalue weighted by Gasteiger charge is -2.22. The summed E-state index contributed by atoms with van der Waals surface area (Å²) in [5.74, 6) is 0. The fraction of sp³-hybridized carbons (Fsp3) is 0.300. The maximum absolute atomic E-state index is 12.5. The summed E-state index contributed by atoms with van der Waals surface area (Å²) in [7, 11) is -3.69. The SMILES string of the molecule is O=C(Nc1ccc2sc(NS(=O)(=O)c3ccccc3)nc2c1)NC1CCCCC1. The van der Waals surface area contributed by atoms with Crippen molar-refractivity contribution in [2.75, 3.05) is 10.0 Å². The third-order valence-electron chi connectivity index (χ3n) is 4.86. The number of rotatable bonds is 5. The number of nitrogens with zero attached hydrogens (tertiary/aromatic N) is 1. The van der Waals surface area contributed by atoms with E-state index in [0.717, 1.165) is 30.4 Å². The van der Waals surface area contributed by atoms with Crippen LogP contribution >= 0.6 is 11.3 Å². The number of carbonyl (C=O) groups excluding carboxylic acids is 1. The fourth-order valence-corrected chi connectivity index (χ4v) is 5.52. The van der Waals surface area contributed by atoms with Gasteiger partial charge in [0.25, 0.3) is 10.0 Å². The Morgan fingerprint density at radius 1 is 1.03 bits per heavy atom. The van der Waals surface area contributed by atoms with Gasteiger partial charge in [0.05, 0.1) is 15.1 Å². The summed E-state index contributed by atoms with van der Waals surface area (Å²) in [6, 6.07) is 13.5. The summed E-state index contributed by atoms with van der Waals surface area (Å²) in [5.41, 5.74) is 1.24. The van der Waals surface area contributed by atoms with E-state index in [-0.39, 0.29) is 22.1 Å². The summed E-state index contributed by atoms with van der Waals surface area (Å²) in [6.45, 7) is 0. The molecule has 2 amide bonds. The van der Waals surface area contributed by atoms with Crippen LogP contribution in [-0.2, 0) is 10.0 Å². The van der Waals surface area contributed by atoms with Gasteiger partial charge >= 0.3 is 6.03 Å². The Morgan fingerprint density at radius 2 is 1.79 bits per heavy atom. The number of sulfonamides is 1. The number of aromatic nitrogens is 1. The lowest BCUT2D eigenvalue weighted by molar-refractivity contribution is 0.244. The predicted octanol–water partition coefficient (Wildman–Crippen LogP) is 4.55. The van der Waals surface area contributed by atoms with Crippen LogP contribution in [0.5, 0.6) is 0 Å². The first-order valence-electron chi connectivity index (χ1n) is 9.56. The van der Waals surface area contributed by atoms with E-state index < -0.39 is 10.0 Å². The van der Waals surface area contributed by atoms with E-state index in [1.54, 1.807) is 30.3 Å². The lowest BCUT2D eigenvalue weighted by Crippen LogP contribution is -2.38. The quantitative estimate of drug-likeness (QED) is 0.553. The van der Waals surface area contributed by atoms with E-state index in [0.29, 0.717) is 11.2 Å². The van der Waals surface area contributed by atoms with Crippen LogP contribution in [0.15, 0.2) is 53.4 Å². The number of thiazole rings is 1. The van der Waals surface area contributed by atoms with Gasteiger partial charge in [0.1, 0.15) is 0 Å². The first kappa shape index (κ1) is 19.7. The Kier molecular flexibility index (Phi) is 5.68. The number of hydrogen-bond acceptors (Lipinski definition) is 5. The monoisotopic (exact) mass is 430 g/mol. The molecular formula is C20H22N4O3S2. The van der Waals surface area contributed by atoms with Crippen LogP contribution in [0.4, 0.5) is 15.6 Å². The minimum atomic E-state index is -3.69. The molecule has 3 aromatic rings. The molecule has 0 aliphatic heterocycles. The average Bonchev–Trinajstić information content (AvgIpc) is 3.10. The number of hydrogen-bond donors (Lipinski definition) is 3. The third-order valence-corrected chi connectivity index (χ3v) is 7.30. The second kappa shape index (κ2) is 8.38. The topological polar surface area (TPSA) is 100 Å². The van der Waals surface area contributed by atoms with Crippen molar-refractivity contribution in [3.8, 4) is 0 Å². The largest absolute Gasteiger partial charge is 0.335 e. The van der Waals surface area contributed by atoms with Crippen molar-refractivity contribution < 1.29 is 13.2 Å². The van der Waals surface area contributed by atoms with E-state index in [2.05, 4.69) is 20.3 Å². The van der Waals surface area contributed by atoms with Crippen molar-refractivity contribution in [3.05, 3.63) is 48.5 Å². The molecule has 29 heavy (non-hydrogen) atoms. The highest BCUT2D eigenvalue weighted by Crippen LogP contribution is 2.29. The highest BCUT2D eigenvalue weighted by molar-refractivity contribution is 7.93. The van der Waals surface area contributed by atoms with Gasteiger partial charge < -0.3 is 10.6 Å². The lowest BCUT2D eigenvalue weighted by atomic mass is 9.96. The molecule has 3 N–H and O–H groups in total. The van der Waals surface area contributed by atoms with Crippen molar-refractivity contribution in [2.45, 2.75) is 43.0 Å². The number of urea groups is 1. The number of nitrogens with one attached hydrogen (secondary N) is 3. The molecule has 4 rings (SSSR count). The number of anilines is 2. The van der Waals surface area contributed by atoms with E-state index >= 15 is 0 Å². The molecule has 0 radical (unpaired) electrons. The molecule has 1 saturated carbocycles. The summed E-state index contributed by atoms with van der Waals surface area (Å²) in [4.78, 5) is 16.8. The Hall–Kier alpha value is -2.65. The molecule has 0 spiro atoms. The van der Waals surface area contributed by atoms with Crippen LogP contribution < -0.4 is 15.4 Å². The summed E-state index contributed by atoms with van der Waals surface area (Å²) < 4.78 is 28.3. The minimum absolute atomic E-state index is 0.181. The second-order valence-electron chi connectivity index (χ2n) is 7.05. The maximum atomic E-state index is 12.5. The first-order valence-corrected chi connectivity index (χ1v) is 11.9. The van der Waals surface area contributed by atoms with Crippen molar-refractivity contribution in [3.63, 3.8) is 0 Å². The summed E-state index contributed by atoms with van der Waals surface area (Å²) in [6.07, 6.45) is 5.57. The number of fused-ring (bicyclic) bond motifs is 1. The zero-order valence-electron chi connectivity index (χ0n) is 15.7. The molecule has 0 atom stereocenters. The molecule has 1 aliphatic carbocycles. The molecule has 7 nitrogen and oxygen atoms in total. The van der Waals surface area contributed by atoms with Crippen molar-refractivity contribution in [1.82, 2.24) is 10.3 Å². The Labute approximate surface area is 173 Å². The van der Waals surface area contributed by atoms with Gasteiger partial charge in [-0.05, 0) is 43.2 Å². The smallest absolute Gasteiger partial charge is 0.319 e.